The lowest BCUT2D eigenvalue weighted by atomic mass is 10.2. The van der Waals surface area contributed by atoms with E-state index in [1.54, 1.807) is 24.3 Å². The minimum Gasteiger partial charge on any atom is -0.490 e. The van der Waals surface area contributed by atoms with E-state index >= 15 is 0 Å². The number of para-hydroxylation sites is 1. The van der Waals surface area contributed by atoms with Crippen molar-refractivity contribution in [1.82, 2.24) is 0 Å². The topological polar surface area (TPSA) is 73.9 Å². The third-order valence-electron chi connectivity index (χ3n) is 4.55. The molecule has 0 heterocycles. The van der Waals surface area contributed by atoms with Gasteiger partial charge < -0.3 is 19.5 Å². The molecule has 1 amide bonds. The monoisotopic (exact) mass is 433 g/mol. The summed E-state index contributed by atoms with van der Waals surface area (Å²) in [5.41, 5.74) is 1.74. The highest BCUT2D eigenvalue weighted by Gasteiger charge is 2.09. The van der Waals surface area contributed by atoms with Gasteiger partial charge in [-0.1, -0.05) is 48.5 Å². The lowest BCUT2D eigenvalue weighted by Crippen LogP contribution is -2.15. The van der Waals surface area contributed by atoms with Gasteiger partial charge in [-0.15, -0.1) is 0 Å². The zero-order valence-corrected chi connectivity index (χ0v) is 17.9. The zero-order valence-electron chi connectivity index (χ0n) is 17.9. The van der Waals surface area contributed by atoms with E-state index in [9.17, 15) is 9.59 Å². The third kappa shape index (κ3) is 8.52. The van der Waals surface area contributed by atoms with Crippen molar-refractivity contribution in [3.63, 3.8) is 0 Å². The van der Waals surface area contributed by atoms with E-state index in [1.165, 1.54) is 0 Å². The maximum atomic E-state index is 12.1. The van der Waals surface area contributed by atoms with Crippen LogP contribution < -0.4 is 14.8 Å². The van der Waals surface area contributed by atoms with Gasteiger partial charge in [-0.3, -0.25) is 9.59 Å². The van der Waals surface area contributed by atoms with E-state index < -0.39 is 0 Å². The summed E-state index contributed by atoms with van der Waals surface area (Å²) in [5.74, 6) is 0.864. The average Bonchev–Trinajstić information content (AvgIpc) is 2.83. The summed E-state index contributed by atoms with van der Waals surface area (Å²) >= 11 is 0. The van der Waals surface area contributed by atoms with Crippen LogP contribution in [0, 0.1) is 0 Å². The first-order valence-electron chi connectivity index (χ1n) is 10.6. The maximum Gasteiger partial charge on any atom is 0.306 e. The molecule has 3 rings (SSSR count). The van der Waals surface area contributed by atoms with Crippen LogP contribution in [0.15, 0.2) is 84.9 Å². The van der Waals surface area contributed by atoms with Crippen molar-refractivity contribution in [2.24, 2.45) is 0 Å². The minimum atomic E-state index is -0.377. The third-order valence-corrected chi connectivity index (χ3v) is 4.55. The predicted octanol–water partition coefficient (Wildman–Crippen LogP) is 4.65. The molecule has 0 saturated carbocycles. The molecule has 3 aromatic rings. The molecule has 3 aromatic carbocycles. The highest BCUT2D eigenvalue weighted by Crippen LogP contribution is 2.16. The fourth-order valence-corrected chi connectivity index (χ4v) is 2.91. The number of nitrogens with one attached hydrogen (secondary N) is 1. The van der Waals surface area contributed by atoms with Crippen molar-refractivity contribution in [2.45, 2.75) is 19.3 Å². The molecule has 0 aliphatic rings. The molecule has 0 aliphatic carbocycles. The maximum absolute atomic E-state index is 12.1. The Morgan fingerprint density at radius 3 is 1.91 bits per heavy atom. The van der Waals surface area contributed by atoms with Gasteiger partial charge in [-0.25, -0.2) is 0 Å². The highest BCUT2D eigenvalue weighted by atomic mass is 16.5. The van der Waals surface area contributed by atoms with Crippen LogP contribution in [0.1, 0.15) is 18.4 Å². The second-order valence-electron chi connectivity index (χ2n) is 7.04. The Hall–Kier alpha value is -3.80. The Kier molecular flexibility index (Phi) is 9.15. The number of carbonyl (C=O) groups excluding carboxylic acids is 2. The van der Waals surface area contributed by atoms with Gasteiger partial charge in [0.2, 0.25) is 5.91 Å². The standard InChI is InChI=1S/C26H27NO5/c28-25(15-16-26(29)32-18-17-21-7-3-1-4-8-21)27-22-11-13-24(14-12-22)31-20-19-30-23-9-5-2-6-10-23/h1-14H,15-20H2,(H,27,28). The summed E-state index contributed by atoms with van der Waals surface area (Å²) < 4.78 is 16.4. The molecule has 6 nitrogen and oxygen atoms in total. The first kappa shape index (κ1) is 22.9. The number of rotatable bonds is 12. The first-order chi connectivity index (χ1) is 15.7. The summed E-state index contributed by atoms with van der Waals surface area (Å²) in [4.78, 5) is 23.9. The molecule has 32 heavy (non-hydrogen) atoms. The SMILES string of the molecule is O=C(CCC(=O)OCCc1ccccc1)Nc1ccc(OCCOc2ccccc2)cc1. The van der Waals surface area contributed by atoms with Crippen molar-refractivity contribution < 1.29 is 23.8 Å². The lowest BCUT2D eigenvalue weighted by molar-refractivity contribution is -0.144. The summed E-state index contributed by atoms with van der Waals surface area (Å²) in [6, 6.07) is 26.4. The molecule has 0 fully saturated rings. The van der Waals surface area contributed by atoms with Gasteiger partial charge in [-0.05, 0) is 42.0 Å². The van der Waals surface area contributed by atoms with E-state index in [4.69, 9.17) is 14.2 Å². The van der Waals surface area contributed by atoms with Gasteiger partial charge in [0.15, 0.2) is 0 Å². The molecule has 0 bridgehead atoms. The van der Waals surface area contributed by atoms with Gasteiger partial charge in [0.25, 0.3) is 0 Å². The molecule has 1 N–H and O–H groups in total. The number of ether oxygens (including phenoxy) is 3. The number of carbonyl (C=O) groups is 2. The molecular formula is C26H27NO5. The van der Waals surface area contributed by atoms with Crippen LogP contribution >= 0.6 is 0 Å². The van der Waals surface area contributed by atoms with Crippen molar-refractivity contribution in [1.29, 1.82) is 0 Å². The Bertz CT molecular complexity index is 959. The zero-order chi connectivity index (χ0) is 22.4. The Labute approximate surface area is 188 Å². The molecule has 0 spiro atoms. The van der Waals surface area contributed by atoms with E-state index in [1.807, 2.05) is 60.7 Å². The second kappa shape index (κ2) is 12.8. The number of hydrogen-bond donors (Lipinski definition) is 1. The van der Waals surface area contributed by atoms with Crippen LogP contribution in [0.5, 0.6) is 11.5 Å². The van der Waals surface area contributed by atoms with Gasteiger partial charge in [0.1, 0.15) is 24.7 Å². The number of benzene rings is 3. The molecule has 0 unspecified atom stereocenters. The molecule has 0 aromatic heterocycles. The second-order valence-corrected chi connectivity index (χ2v) is 7.04. The van der Waals surface area contributed by atoms with Crippen molar-refractivity contribution >= 4 is 17.6 Å². The van der Waals surface area contributed by atoms with Crippen molar-refractivity contribution in [3.8, 4) is 11.5 Å². The van der Waals surface area contributed by atoms with Crippen LogP contribution in [-0.2, 0) is 20.7 Å². The lowest BCUT2D eigenvalue weighted by Gasteiger charge is -2.09. The Balaban J connectivity index is 1.28. The molecule has 0 aliphatic heterocycles. The number of anilines is 1. The fraction of sp³-hybridized carbons (Fsp3) is 0.231. The van der Waals surface area contributed by atoms with E-state index in [0.29, 0.717) is 37.7 Å². The molecular weight excluding hydrogens is 406 g/mol. The summed E-state index contributed by atoms with van der Waals surface area (Å²) in [7, 11) is 0. The fourth-order valence-electron chi connectivity index (χ4n) is 2.91. The van der Waals surface area contributed by atoms with Crippen LogP contribution in [0.25, 0.3) is 0 Å². The Morgan fingerprint density at radius 1 is 0.656 bits per heavy atom. The average molecular weight is 434 g/mol. The smallest absolute Gasteiger partial charge is 0.306 e. The van der Waals surface area contributed by atoms with Gasteiger partial charge in [-0.2, -0.15) is 0 Å². The van der Waals surface area contributed by atoms with Gasteiger partial charge in [0.05, 0.1) is 13.0 Å². The number of amides is 1. The van der Waals surface area contributed by atoms with Gasteiger partial charge in [0, 0.05) is 18.5 Å². The molecule has 166 valence electrons. The molecule has 6 heteroatoms. The van der Waals surface area contributed by atoms with E-state index in [0.717, 1.165) is 11.3 Å². The Morgan fingerprint density at radius 2 is 1.25 bits per heavy atom. The molecule has 0 radical (unpaired) electrons. The van der Waals surface area contributed by atoms with Crippen LogP contribution in [0.2, 0.25) is 0 Å². The van der Waals surface area contributed by atoms with Crippen molar-refractivity contribution in [3.05, 3.63) is 90.5 Å². The summed E-state index contributed by atoms with van der Waals surface area (Å²) in [6.07, 6.45) is 0.772. The molecule has 0 atom stereocenters. The van der Waals surface area contributed by atoms with Crippen LogP contribution in [0.3, 0.4) is 0 Å². The highest BCUT2D eigenvalue weighted by molar-refractivity contribution is 5.92. The van der Waals surface area contributed by atoms with Crippen molar-refractivity contribution in [2.75, 3.05) is 25.1 Å². The predicted molar refractivity (Wildman–Crippen MR) is 123 cm³/mol. The van der Waals surface area contributed by atoms with Crippen LogP contribution in [0.4, 0.5) is 5.69 Å². The van der Waals surface area contributed by atoms with E-state index in [2.05, 4.69) is 5.32 Å². The van der Waals surface area contributed by atoms with Gasteiger partial charge >= 0.3 is 5.97 Å². The quantitative estimate of drug-likeness (QED) is 0.332. The first-order valence-corrected chi connectivity index (χ1v) is 10.6. The minimum absolute atomic E-state index is 0.0449. The van der Waals surface area contributed by atoms with E-state index in [-0.39, 0.29) is 24.7 Å². The molecule has 0 saturated heterocycles. The van der Waals surface area contributed by atoms with Crippen LogP contribution in [-0.4, -0.2) is 31.7 Å². The summed E-state index contributed by atoms with van der Waals surface area (Å²) in [5, 5.41) is 2.77. The summed E-state index contributed by atoms with van der Waals surface area (Å²) in [6.45, 7) is 1.15. The number of esters is 1. The normalized spacial score (nSPS) is 10.2. The largest absolute Gasteiger partial charge is 0.490 e. The number of hydrogen-bond acceptors (Lipinski definition) is 5.